The number of ether oxygens (including phenoxy) is 2. The van der Waals surface area contributed by atoms with E-state index < -0.39 is 49.8 Å². The third-order valence-electron chi connectivity index (χ3n) is 2.58. The second kappa shape index (κ2) is 6.24. The van der Waals surface area contributed by atoms with E-state index in [1.165, 1.54) is 7.11 Å². The second-order valence-corrected chi connectivity index (χ2v) is 3.69. The molecule has 5 atom stereocenters. The minimum Gasteiger partial charge on any atom is -0.394 e. The van der Waals surface area contributed by atoms with Gasteiger partial charge in [0.05, 0.1) is 6.61 Å². The van der Waals surface area contributed by atoms with Crippen molar-refractivity contribution in [3.8, 4) is 0 Å². The summed E-state index contributed by atoms with van der Waals surface area (Å²) in [5.74, 6) is -0.727. The van der Waals surface area contributed by atoms with Gasteiger partial charge in [-0.1, -0.05) is 0 Å². The molecule has 0 aliphatic carbocycles. The molecule has 0 saturated carbocycles. The highest BCUT2D eigenvalue weighted by molar-refractivity contribution is 5.77. The van der Waals surface area contributed by atoms with Crippen molar-refractivity contribution < 1.29 is 34.7 Å². The Morgan fingerprint density at radius 2 is 2.00 bits per heavy atom. The average molecular weight is 251 g/mol. The Hall–Kier alpha value is -0.770. The summed E-state index contributed by atoms with van der Waals surface area (Å²) in [4.78, 5) is 11.0. The minimum absolute atomic E-state index is 0.487. The monoisotopic (exact) mass is 251 g/mol. The Morgan fingerprint density at radius 3 is 2.47 bits per heavy atom. The summed E-state index contributed by atoms with van der Waals surface area (Å²) in [5.41, 5.74) is 0. The van der Waals surface area contributed by atoms with Gasteiger partial charge in [-0.05, 0) is 0 Å². The van der Waals surface area contributed by atoms with Crippen LogP contribution in [-0.4, -0.2) is 77.3 Å². The molecule has 8 heteroatoms. The van der Waals surface area contributed by atoms with Crippen molar-refractivity contribution in [2.75, 3.05) is 20.3 Å². The lowest BCUT2D eigenvalue weighted by Crippen LogP contribution is -2.64. The molecule has 1 fully saturated rings. The van der Waals surface area contributed by atoms with Gasteiger partial charge < -0.3 is 35.2 Å². The third kappa shape index (κ3) is 3.12. The van der Waals surface area contributed by atoms with E-state index in [2.05, 4.69) is 5.32 Å². The van der Waals surface area contributed by atoms with Crippen molar-refractivity contribution in [2.24, 2.45) is 0 Å². The highest BCUT2D eigenvalue weighted by Gasteiger charge is 2.45. The van der Waals surface area contributed by atoms with Crippen molar-refractivity contribution >= 4 is 5.91 Å². The fourth-order valence-corrected chi connectivity index (χ4v) is 1.67. The number of amides is 1. The number of methoxy groups -OCH3 is 1. The van der Waals surface area contributed by atoms with Crippen LogP contribution in [0.2, 0.25) is 0 Å². The molecule has 0 aromatic carbocycles. The second-order valence-electron chi connectivity index (χ2n) is 3.69. The molecule has 0 radical (unpaired) electrons. The number of carbonyl (C=O) groups is 1. The maximum absolute atomic E-state index is 11.0. The molecule has 0 aromatic heterocycles. The summed E-state index contributed by atoms with van der Waals surface area (Å²) in [7, 11) is 1.29. The van der Waals surface area contributed by atoms with Gasteiger partial charge in [-0.25, -0.2) is 0 Å². The van der Waals surface area contributed by atoms with Gasteiger partial charge in [-0.3, -0.25) is 4.79 Å². The zero-order chi connectivity index (χ0) is 13.0. The van der Waals surface area contributed by atoms with Gasteiger partial charge in [0.2, 0.25) is 5.91 Å². The zero-order valence-corrected chi connectivity index (χ0v) is 9.31. The molecule has 1 aliphatic heterocycles. The zero-order valence-electron chi connectivity index (χ0n) is 9.31. The summed E-state index contributed by atoms with van der Waals surface area (Å²) < 4.78 is 10.0. The highest BCUT2D eigenvalue weighted by Crippen LogP contribution is 2.21. The maximum Gasteiger partial charge on any atom is 0.246 e. The summed E-state index contributed by atoms with van der Waals surface area (Å²) >= 11 is 0. The molecule has 1 heterocycles. The van der Waals surface area contributed by atoms with E-state index in [1.54, 1.807) is 0 Å². The number of nitrogens with one attached hydrogen (secondary N) is 1. The highest BCUT2D eigenvalue weighted by atomic mass is 16.7. The van der Waals surface area contributed by atoms with Crippen molar-refractivity contribution in [3.63, 3.8) is 0 Å². The molecule has 8 nitrogen and oxygen atoms in total. The summed E-state index contributed by atoms with van der Waals surface area (Å²) in [6, 6.07) is -1.02. The molecular weight excluding hydrogens is 234 g/mol. The summed E-state index contributed by atoms with van der Waals surface area (Å²) in [5, 5.41) is 39.2. The van der Waals surface area contributed by atoms with E-state index >= 15 is 0 Å². The summed E-state index contributed by atoms with van der Waals surface area (Å²) in [6.45, 7) is -1.24. The van der Waals surface area contributed by atoms with Crippen molar-refractivity contribution in [1.82, 2.24) is 5.32 Å². The van der Waals surface area contributed by atoms with Crippen molar-refractivity contribution in [3.05, 3.63) is 0 Å². The topological polar surface area (TPSA) is 128 Å². The lowest BCUT2D eigenvalue weighted by molar-refractivity contribution is -0.262. The van der Waals surface area contributed by atoms with Gasteiger partial charge in [0.15, 0.2) is 6.29 Å². The Labute approximate surface area is 97.8 Å². The van der Waals surface area contributed by atoms with Crippen LogP contribution in [0, 0.1) is 0 Å². The van der Waals surface area contributed by atoms with Crippen LogP contribution in [0.1, 0.15) is 0 Å². The normalized spacial score (nSPS) is 37.8. The average Bonchev–Trinajstić information content (AvgIpc) is 2.35. The van der Waals surface area contributed by atoms with Crippen molar-refractivity contribution in [2.45, 2.75) is 30.6 Å². The maximum atomic E-state index is 11.0. The largest absolute Gasteiger partial charge is 0.394 e. The first-order valence-corrected chi connectivity index (χ1v) is 5.10. The predicted octanol–water partition coefficient (Wildman–Crippen LogP) is -3.45. The van der Waals surface area contributed by atoms with Crippen LogP contribution >= 0.6 is 0 Å². The molecule has 0 bridgehead atoms. The van der Waals surface area contributed by atoms with Gasteiger partial charge >= 0.3 is 0 Å². The van der Waals surface area contributed by atoms with E-state index in [0.717, 1.165) is 0 Å². The van der Waals surface area contributed by atoms with Crippen LogP contribution in [0.25, 0.3) is 0 Å². The first-order valence-electron chi connectivity index (χ1n) is 5.10. The lowest BCUT2D eigenvalue weighted by atomic mass is 9.97. The number of carbonyl (C=O) groups excluding carboxylic acids is 1. The minimum atomic E-state index is -1.36. The molecule has 0 unspecified atom stereocenters. The predicted molar refractivity (Wildman–Crippen MR) is 53.8 cm³/mol. The van der Waals surface area contributed by atoms with Crippen LogP contribution in [0.15, 0.2) is 0 Å². The molecule has 0 aromatic rings. The number of hydrogen-bond donors (Lipinski definition) is 5. The molecule has 1 saturated heterocycles. The first kappa shape index (κ1) is 14.3. The van der Waals surface area contributed by atoms with Crippen LogP contribution in [-0.2, 0) is 14.3 Å². The van der Waals surface area contributed by atoms with Crippen LogP contribution < -0.4 is 5.32 Å². The van der Waals surface area contributed by atoms with Gasteiger partial charge in [0.25, 0.3) is 0 Å². The molecule has 5 N–H and O–H groups in total. The Bertz CT molecular complexity index is 260. The molecule has 0 spiro atoms. The van der Waals surface area contributed by atoms with Gasteiger partial charge in [0.1, 0.15) is 31.0 Å². The number of aliphatic hydroxyl groups excluding tert-OH is 4. The summed E-state index contributed by atoms with van der Waals surface area (Å²) in [6.07, 6.45) is -4.71. The van der Waals surface area contributed by atoms with Gasteiger partial charge in [-0.15, -0.1) is 0 Å². The number of rotatable bonds is 4. The number of hydrogen-bond acceptors (Lipinski definition) is 7. The Balaban J connectivity index is 2.75. The van der Waals surface area contributed by atoms with Gasteiger partial charge in [-0.2, -0.15) is 0 Å². The molecule has 1 amide bonds. The Morgan fingerprint density at radius 1 is 1.35 bits per heavy atom. The quantitative estimate of drug-likeness (QED) is 0.351. The molecule has 1 rings (SSSR count). The number of aliphatic hydroxyl groups is 4. The van der Waals surface area contributed by atoms with E-state index in [9.17, 15) is 15.0 Å². The van der Waals surface area contributed by atoms with Crippen molar-refractivity contribution in [1.29, 1.82) is 0 Å². The fraction of sp³-hybridized carbons (Fsp3) is 0.889. The fourth-order valence-electron chi connectivity index (χ4n) is 1.67. The van der Waals surface area contributed by atoms with Crippen LogP contribution in [0.5, 0.6) is 0 Å². The van der Waals surface area contributed by atoms with E-state index in [1.807, 2.05) is 0 Å². The molecule has 1 aliphatic rings. The molecular formula is C9H17NO7. The molecule has 100 valence electrons. The van der Waals surface area contributed by atoms with E-state index in [0.29, 0.717) is 0 Å². The van der Waals surface area contributed by atoms with Crippen LogP contribution in [0.4, 0.5) is 0 Å². The first-order chi connectivity index (χ1) is 8.04. The standard InChI is InChI=1S/C9H17NO7/c1-16-9-6(10-5(13)3-12)8(15)7(14)4(2-11)17-9/h4,6-9,11-12,14-15H,2-3H2,1H3,(H,10,13)/t4-,6-,7-,8-,9-/m1/s1. The van der Waals surface area contributed by atoms with E-state index in [-0.39, 0.29) is 0 Å². The Kier molecular flexibility index (Phi) is 5.25. The van der Waals surface area contributed by atoms with E-state index in [4.69, 9.17) is 19.7 Å². The third-order valence-corrected chi connectivity index (χ3v) is 2.58. The smallest absolute Gasteiger partial charge is 0.246 e. The molecule has 17 heavy (non-hydrogen) atoms. The van der Waals surface area contributed by atoms with Crippen LogP contribution in [0.3, 0.4) is 0 Å². The lowest BCUT2D eigenvalue weighted by Gasteiger charge is -2.41. The SMILES string of the molecule is CO[C@@H]1O[C@H](CO)[C@@H](O)[C@H](O)[C@H]1NC(=O)CO. The van der Waals surface area contributed by atoms with Gasteiger partial charge in [0, 0.05) is 7.11 Å².